The number of para-hydroxylation sites is 1. The van der Waals surface area contributed by atoms with Crippen molar-refractivity contribution in [1.82, 2.24) is 19.1 Å². The van der Waals surface area contributed by atoms with Crippen LogP contribution in [-0.2, 0) is 23.6 Å². The number of fused-ring (bicyclic) bond motifs is 6. The van der Waals surface area contributed by atoms with Gasteiger partial charge in [-0.2, -0.15) is 0 Å². The first kappa shape index (κ1) is 29.3. The van der Waals surface area contributed by atoms with Crippen LogP contribution in [0.2, 0.25) is 0 Å². The molecule has 2 aromatic carbocycles. The number of ether oxygens (including phenoxy) is 2. The van der Waals surface area contributed by atoms with Gasteiger partial charge in [-0.3, -0.25) is 0 Å². The number of aromatic nitrogens is 4. The predicted molar refractivity (Wildman–Crippen MR) is 167 cm³/mol. The van der Waals surface area contributed by atoms with Gasteiger partial charge in [-0.25, -0.2) is 19.6 Å². The van der Waals surface area contributed by atoms with E-state index in [0.29, 0.717) is 10.8 Å². The SMILES string of the molecule is CCOC(=O)c1ncc2c(c1O)c1cc(Br)cc(Br)c1n2C.CCOC(=O)c1ncc2c(c1O)c1ccccc1n2C. The van der Waals surface area contributed by atoms with Crippen molar-refractivity contribution < 1.29 is 29.3 Å². The van der Waals surface area contributed by atoms with Crippen molar-refractivity contribution >= 4 is 87.4 Å². The molecule has 0 unspecified atom stereocenters. The van der Waals surface area contributed by atoms with Crippen LogP contribution in [0.25, 0.3) is 43.6 Å². The van der Waals surface area contributed by atoms with Gasteiger partial charge >= 0.3 is 11.9 Å². The number of aromatic hydroxyl groups is 2. The molecule has 0 aliphatic rings. The maximum absolute atomic E-state index is 11.9. The zero-order chi connectivity index (χ0) is 30.3. The Morgan fingerprint density at radius 3 is 1.88 bits per heavy atom. The number of carbonyl (C=O) groups excluding carboxylic acids is 2. The van der Waals surface area contributed by atoms with E-state index in [-0.39, 0.29) is 36.1 Å². The van der Waals surface area contributed by atoms with Gasteiger partial charge < -0.3 is 28.8 Å². The van der Waals surface area contributed by atoms with Crippen LogP contribution in [0.1, 0.15) is 34.8 Å². The van der Waals surface area contributed by atoms with E-state index in [2.05, 4.69) is 41.8 Å². The number of benzene rings is 2. The van der Waals surface area contributed by atoms with Gasteiger partial charge in [0, 0.05) is 39.3 Å². The summed E-state index contributed by atoms with van der Waals surface area (Å²) in [7, 11) is 3.78. The lowest BCUT2D eigenvalue weighted by Gasteiger charge is -2.05. The highest BCUT2D eigenvalue weighted by Crippen LogP contribution is 2.40. The second-order valence-electron chi connectivity index (χ2n) is 9.29. The summed E-state index contributed by atoms with van der Waals surface area (Å²) in [5.74, 6) is -1.53. The van der Waals surface area contributed by atoms with Crippen molar-refractivity contribution in [2.75, 3.05) is 13.2 Å². The third kappa shape index (κ3) is 4.84. The van der Waals surface area contributed by atoms with Crippen molar-refractivity contribution in [2.24, 2.45) is 14.1 Å². The average molecular weight is 698 g/mol. The van der Waals surface area contributed by atoms with E-state index in [9.17, 15) is 19.8 Å². The maximum atomic E-state index is 11.9. The quantitative estimate of drug-likeness (QED) is 0.194. The predicted octanol–water partition coefficient (Wildman–Crippen LogP) is 6.74. The molecule has 4 aromatic heterocycles. The molecule has 4 heterocycles. The van der Waals surface area contributed by atoms with E-state index in [0.717, 1.165) is 41.8 Å². The molecule has 0 amide bonds. The van der Waals surface area contributed by atoms with Gasteiger partial charge in [0.25, 0.3) is 0 Å². The smallest absolute Gasteiger partial charge is 0.360 e. The molecular weight excluding hydrogens is 672 g/mol. The van der Waals surface area contributed by atoms with E-state index < -0.39 is 11.9 Å². The fourth-order valence-corrected chi connectivity index (χ4v) is 6.54. The van der Waals surface area contributed by atoms with Gasteiger partial charge in [0.1, 0.15) is 0 Å². The van der Waals surface area contributed by atoms with E-state index in [1.54, 1.807) is 26.2 Å². The van der Waals surface area contributed by atoms with Crippen LogP contribution in [0.3, 0.4) is 0 Å². The van der Waals surface area contributed by atoms with Crippen LogP contribution >= 0.6 is 31.9 Å². The van der Waals surface area contributed by atoms with E-state index in [1.165, 1.54) is 0 Å². The summed E-state index contributed by atoms with van der Waals surface area (Å²) >= 11 is 6.98. The van der Waals surface area contributed by atoms with Gasteiger partial charge in [-0.05, 0) is 48.0 Å². The van der Waals surface area contributed by atoms with Crippen molar-refractivity contribution in [2.45, 2.75) is 13.8 Å². The van der Waals surface area contributed by atoms with Crippen molar-refractivity contribution in [3.05, 3.63) is 69.1 Å². The number of rotatable bonds is 4. The minimum absolute atomic E-state index is 0.0456. The van der Waals surface area contributed by atoms with Gasteiger partial charge in [0.15, 0.2) is 22.9 Å². The summed E-state index contributed by atoms with van der Waals surface area (Å²) in [6.45, 7) is 3.89. The topological polar surface area (TPSA) is 129 Å². The summed E-state index contributed by atoms with van der Waals surface area (Å²) < 4.78 is 15.5. The molecule has 6 rings (SSSR count). The van der Waals surface area contributed by atoms with Crippen LogP contribution in [0, 0.1) is 0 Å². The Balaban J connectivity index is 0.000000169. The highest BCUT2D eigenvalue weighted by atomic mass is 79.9. The highest BCUT2D eigenvalue weighted by molar-refractivity contribution is 9.11. The Morgan fingerprint density at radius 2 is 1.31 bits per heavy atom. The third-order valence-electron chi connectivity index (χ3n) is 6.89. The molecule has 2 N–H and O–H groups in total. The number of pyridine rings is 2. The molecule has 216 valence electrons. The Kier molecular flexibility index (Phi) is 8.11. The zero-order valence-electron chi connectivity index (χ0n) is 23.1. The van der Waals surface area contributed by atoms with Crippen LogP contribution < -0.4 is 0 Å². The first-order chi connectivity index (χ1) is 20.1. The Labute approximate surface area is 256 Å². The monoisotopic (exact) mass is 696 g/mol. The average Bonchev–Trinajstić information content (AvgIpc) is 3.41. The van der Waals surface area contributed by atoms with Gasteiger partial charge in [0.2, 0.25) is 0 Å². The molecule has 10 nitrogen and oxygen atoms in total. The standard InChI is InChI=1S/C15H12Br2N2O3.C15H14N2O3/c1-3-22-15(21)12-14(20)11-8-4-7(16)5-9(17)13(8)19(2)10(11)6-18-12;1-3-20-15(19)13-14(18)12-9-6-4-5-7-10(9)17(2)11(12)8-16-13/h4-6,20H,3H2,1-2H3;4-8,18H,3H2,1-2H3. The second kappa shape index (κ2) is 11.6. The van der Waals surface area contributed by atoms with Crippen molar-refractivity contribution in [1.29, 1.82) is 0 Å². The molecule has 0 bridgehead atoms. The molecule has 0 saturated heterocycles. The zero-order valence-corrected chi connectivity index (χ0v) is 26.3. The second-order valence-corrected chi connectivity index (χ2v) is 11.1. The maximum Gasteiger partial charge on any atom is 0.360 e. The van der Waals surface area contributed by atoms with E-state index in [1.807, 2.05) is 59.6 Å². The molecule has 12 heteroatoms. The van der Waals surface area contributed by atoms with Crippen LogP contribution in [0.15, 0.2) is 57.7 Å². The van der Waals surface area contributed by atoms with Gasteiger partial charge in [-0.15, -0.1) is 0 Å². The first-order valence-electron chi connectivity index (χ1n) is 12.9. The lowest BCUT2D eigenvalue weighted by atomic mass is 10.1. The van der Waals surface area contributed by atoms with Gasteiger partial charge in [-0.1, -0.05) is 34.1 Å². The third-order valence-corrected chi connectivity index (χ3v) is 7.96. The summed E-state index contributed by atoms with van der Waals surface area (Å²) in [6, 6.07) is 11.5. The fourth-order valence-electron chi connectivity index (χ4n) is 5.04. The molecule has 0 radical (unpaired) electrons. The first-order valence-corrected chi connectivity index (χ1v) is 14.5. The number of nitrogens with zero attached hydrogens (tertiary/aromatic N) is 4. The van der Waals surface area contributed by atoms with Crippen LogP contribution in [0.4, 0.5) is 0 Å². The number of hydrogen-bond acceptors (Lipinski definition) is 8. The normalized spacial score (nSPS) is 11.2. The summed E-state index contributed by atoms with van der Waals surface area (Å²) in [4.78, 5) is 31.8. The molecule has 0 aliphatic carbocycles. The Hall–Kier alpha value is -4.16. The van der Waals surface area contributed by atoms with Crippen molar-refractivity contribution in [3.63, 3.8) is 0 Å². The summed E-state index contributed by atoms with van der Waals surface area (Å²) in [6.07, 6.45) is 3.16. The molecule has 0 aliphatic heterocycles. The molecule has 0 atom stereocenters. The van der Waals surface area contributed by atoms with Crippen LogP contribution in [0.5, 0.6) is 11.5 Å². The minimum atomic E-state index is -0.632. The van der Waals surface area contributed by atoms with Gasteiger partial charge in [0.05, 0.1) is 52.9 Å². The lowest BCUT2D eigenvalue weighted by Crippen LogP contribution is -2.07. The van der Waals surface area contributed by atoms with E-state index in [4.69, 9.17) is 9.47 Å². The highest BCUT2D eigenvalue weighted by Gasteiger charge is 2.23. The number of halogens is 2. The molecule has 42 heavy (non-hydrogen) atoms. The molecule has 0 spiro atoms. The summed E-state index contributed by atoms with van der Waals surface area (Å²) in [5.41, 5.74) is 3.28. The molecular formula is C30H26Br2N4O6. The lowest BCUT2D eigenvalue weighted by molar-refractivity contribution is 0.0506. The molecule has 0 saturated carbocycles. The van der Waals surface area contributed by atoms with E-state index >= 15 is 0 Å². The molecule has 0 fully saturated rings. The largest absolute Gasteiger partial charge is 0.505 e. The number of esters is 2. The Morgan fingerprint density at radius 1 is 0.786 bits per heavy atom. The fraction of sp³-hybridized carbons (Fsp3) is 0.200. The Bertz CT molecular complexity index is 2030. The number of aryl methyl sites for hydroxylation is 2. The van der Waals surface area contributed by atoms with Crippen molar-refractivity contribution in [3.8, 4) is 11.5 Å². The number of hydrogen-bond donors (Lipinski definition) is 2. The number of carbonyl (C=O) groups is 2. The van der Waals surface area contributed by atoms with Crippen LogP contribution in [-0.4, -0.2) is 54.5 Å². The minimum Gasteiger partial charge on any atom is -0.505 e. The summed E-state index contributed by atoms with van der Waals surface area (Å²) in [5, 5.41) is 23.8. The molecule has 6 aromatic rings.